The number of benzene rings is 1. The van der Waals surface area contributed by atoms with Crippen LogP contribution in [0.3, 0.4) is 0 Å². The molecule has 1 aromatic carbocycles. The van der Waals surface area contributed by atoms with Crippen LogP contribution in [-0.4, -0.2) is 35.8 Å². The molecule has 0 amide bonds. The second kappa shape index (κ2) is 9.19. The maximum absolute atomic E-state index is 12.5. The number of ether oxygens (including phenoxy) is 2. The quantitative estimate of drug-likeness (QED) is 0.620. The van der Waals surface area contributed by atoms with Gasteiger partial charge in [0.15, 0.2) is 0 Å². The first-order chi connectivity index (χ1) is 12.8. The van der Waals surface area contributed by atoms with E-state index in [4.69, 9.17) is 9.47 Å². The van der Waals surface area contributed by atoms with E-state index in [1.165, 1.54) is 7.11 Å². The van der Waals surface area contributed by atoms with Crippen molar-refractivity contribution in [3.05, 3.63) is 45.1 Å². The lowest BCUT2D eigenvalue weighted by Gasteiger charge is -2.20. The monoisotopic (exact) mass is 436 g/mol. The minimum Gasteiger partial charge on any atom is -0.465 e. The molecule has 27 heavy (non-hydrogen) atoms. The zero-order chi connectivity index (χ0) is 20.1. The molecule has 6 nitrogen and oxygen atoms in total. The smallest absolute Gasteiger partial charge is 0.345 e. The van der Waals surface area contributed by atoms with Gasteiger partial charge in [-0.1, -0.05) is 22.9 Å². The molecule has 0 aliphatic carbocycles. The fourth-order valence-corrected chi connectivity index (χ4v) is 3.47. The third kappa shape index (κ3) is 4.99. The largest absolute Gasteiger partial charge is 0.465 e. The van der Waals surface area contributed by atoms with E-state index in [1.807, 2.05) is 39.8 Å². The number of pyridine rings is 1. The number of hydrogen-bond acceptors (Lipinski definition) is 6. The molecule has 0 radical (unpaired) electrons. The molecule has 1 heterocycles. The van der Waals surface area contributed by atoms with Crippen molar-refractivity contribution in [3.8, 4) is 11.6 Å². The normalized spacial score (nSPS) is 11.8. The van der Waals surface area contributed by atoms with Gasteiger partial charge < -0.3 is 19.9 Å². The van der Waals surface area contributed by atoms with Gasteiger partial charge in [0, 0.05) is 16.2 Å². The summed E-state index contributed by atoms with van der Waals surface area (Å²) in [5.41, 5.74) is 3.24. The molecule has 0 bridgehead atoms. The summed E-state index contributed by atoms with van der Waals surface area (Å²) in [6, 6.07) is 5.43. The van der Waals surface area contributed by atoms with E-state index >= 15 is 0 Å². The summed E-state index contributed by atoms with van der Waals surface area (Å²) >= 11 is 3.47. The number of nitrogens with zero attached hydrogens (tertiary/aromatic N) is 1. The highest BCUT2D eigenvalue weighted by Crippen LogP contribution is 2.35. The molecule has 1 atom stereocenters. The van der Waals surface area contributed by atoms with Gasteiger partial charge in [-0.2, -0.15) is 0 Å². The second-order valence-electron chi connectivity index (χ2n) is 6.39. The number of carbonyl (C=O) groups is 1. The Morgan fingerprint density at radius 1 is 1.26 bits per heavy atom. The minimum atomic E-state index is -0.555. The molecule has 0 aliphatic heterocycles. The van der Waals surface area contributed by atoms with E-state index < -0.39 is 5.97 Å². The summed E-state index contributed by atoms with van der Waals surface area (Å²) < 4.78 is 12.0. The number of esters is 1. The first kappa shape index (κ1) is 21.2. The number of nitrogens with one attached hydrogen (secondary N) is 1. The highest BCUT2D eigenvalue weighted by molar-refractivity contribution is 9.10. The fourth-order valence-electron chi connectivity index (χ4n) is 2.78. The average Bonchev–Trinajstić information content (AvgIpc) is 2.61. The van der Waals surface area contributed by atoms with Crippen LogP contribution in [0.5, 0.6) is 11.6 Å². The standard InChI is InChI=1S/C20H25BrN2O4/c1-6-15(10-24)23-16-9-13(4)22-19(17(16)20(25)26-5)27-18-11(2)7-14(21)8-12(18)3/h7-9,15,24H,6,10H2,1-5H3,(H,22,23). The Morgan fingerprint density at radius 2 is 1.89 bits per heavy atom. The van der Waals surface area contributed by atoms with Gasteiger partial charge in [0.2, 0.25) is 5.88 Å². The van der Waals surface area contributed by atoms with Crippen LogP contribution in [0.15, 0.2) is 22.7 Å². The summed E-state index contributed by atoms with van der Waals surface area (Å²) in [4.78, 5) is 16.9. The molecular formula is C20H25BrN2O4. The van der Waals surface area contributed by atoms with Crippen molar-refractivity contribution in [1.82, 2.24) is 4.98 Å². The van der Waals surface area contributed by atoms with E-state index in [2.05, 4.69) is 26.2 Å². The van der Waals surface area contributed by atoms with E-state index in [0.29, 0.717) is 23.6 Å². The lowest BCUT2D eigenvalue weighted by molar-refractivity contribution is 0.0598. The maximum Gasteiger partial charge on any atom is 0.345 e. The first-order valence-corrected chi connectivity index (χ1v) is 9.51. The molecule has 7 heteroatoms. The van der Waals surface area contributed by atoms with Gasteiger partial charge in [0.05, 0.1) is 19.4 Å². The van der Waals surface area contributed by atoms with Crippen LogP contribution in [-0.2, 0) is 4.74 Å². The zero-order valence-corrected chi connectivity index (χ0v) is 17.8. The van der Waals surface area contributed by atoms with Crippen molar-refractivity contribution in [1.29, 1.82) is 0 Å². The van der Waals surface area contributed by atoms with Crippen molar-refractivity contribution in [2.75, 3.05) is 19.0 Å². The molecule has 1 aromatic heterocycles. The highest BCUT2D eigenvalue weighted by atomic mass is 79.9. The number of aromatic nitrogens is 1. The van der Waals surface area contributed by atoms with Crippen LogP contribution < -0.4 is 10.1 Å². The summed E-state index contributed by atoms with van der Waals surface area (Å²) in [7, 11) is 1.31. The van der Waals surface area contributed by atoms with Gasteiger partial charge in [-0.3, -0.25) is 0 Å². The Morgan fingerprint density at radius 3 is 2.41 bits per heavy atom. The van der Waals surface area contributed by atoms with Crippen LogP contribution in [0.4, 0.5) is 5.69 Å². The van der Waals surface area contributed by atoms with Gasteiger partial charge in [-0.05, 0) is 56.5 Å². The fraction of sp³-hybridized carbons (Fsp3) is 0.400. The Balaban J connectivity index is 2.58. The lowest BCUT2D eigenvalue weighted by Crippen LogP contribution is -2.24. The van der Waals surface area contributed by atoms with Crippen molar-refractivity contribution in [3.63, 3.8) is 0 Å². The molecule has 0 saturated carbocycles. The Bertz CT molecular complexity index is 812. The Kier molecular flexibility index (Phi) is 7.21. The molecule has 0 fully saturated rings. The lowest BCUT2D eigenvalue weighted by atomic mass is 10.1. The number of rotatable bonds is 7. The van der Waals surface area contributed by atoms with E-state index in [9.17, 15) is 9.90 Å². The Labute approximate surface area is 168 Å². The molecule has 0 aliphatic rings. The van der Waals surface area contributed by atoms with E-state index in [-0.39, 0.29) is 24.1 Å². The van der Waals surface area contributed by atoms with Crippen molar-refractivity contribution < 1.29 is 19.4 Å². The summed E-state index contributed by atoms with van der Waals surface area (Å²) in [6.07, 6.45) is 0.694. The third-order valence-corrected chi connectivity index (χ3v) is 4.66. The number of aliphatic hydroxyl groups excluding tert-OH is 1. The van der Waals surface area contributed by atoms with Crippen LogP contribution in [0, 0.1) is 20.8 Å². The zero-order valence-electron chi connectivity index (χ0n) is 16.2. The van der Waals surface area contributed by atoms with Gasteiger partial charge in [-0.15, -0.1) is 0 Å². The number of halogens is 1. The molecule has 2 aromatic rings. The van der Waals surface area contributed by atoms with Gasteiger partial charge in [-0.25, -0.2) is 9.78 Å². The van der Waals surface area contributed by atoms with Crippen molar-refractivity contribution in [2.45, 2.75) is 40.2 Å². The van der Waals surface area contributed by atoms with Crippen molar-refractivity contribution in [2.24, 2.45) is 0 Å². The number of hydrogen-bond donors (Lipinski definition) is 2. The van der Waals surface area contributed by atoms with Crippen LogP contribution >= 0.6 is 15.9 Å². The van der Waals surface area contributed by atoms with Gasteiger partial charge in [0.1, 0.15) is 11.3 Å². The molecule has 146 valence electrons. The van der Waals surface area contributed by atoms with E-state index in [0.717, 1.165) is 15.6 Å². The molecule has 0 saturated heterocycles. The van der Waals surface area contributed by atoms with E-state index in [1.54, 1.807) is 6.07 Å². The topological polar surface area (TPSA) is 80.7 Å². The second-order valence-corrected chi connectivity index (χ2v) is 7.30. The number of aryl methyl sites for hydroxylation is 3. The summed E-state index contributed by atoms with van der Waals surface area (Å²) in [5.74, 6) is 0.257. The van der Waals surface area contributed by atoms with Gasteiger partial charge in [0.25, 0.3) is 0 Å². The first-order valence-electron chi connectivity index (χ1n) is 8.72. The number of methoxy groups -OCH3 is 1. The van der Waals surface area contributed by atoms with Crippen LogP contribution in [0.1, 0.15) is 40.5 Å². The van der Waals surface area contributed by atoms with Crippen LogP contribution in [0.25, 0.3) is 0 Å². The predicted molar refractivity (Wildman–Crippen MR) is 109 cm³/mol. The van der Waals surface area contributed by atoms with Crippen molar-refractivity contribution >= 4 is 27.6 Å². The minimum absolute atomic E-state index is 0.0560. The molecular weight excluding hydrogens is 412 g/mol. The molecule has 0 spiro atoms. The van der Waals surface area contributed by atoms with Gasteiger partial charge >= 0.3 is 5.97 Å². The molecule has 2 rings (SSSR count). The predicted octanol–water partition coefficient (Wildman–Crippen LogP) is 4.53. The number of carbonyl (C=O) groups excluding carboxylic acids is 1. The third-order valence-electron chi connectivity index (χ3n) is 4.20. The molecule has 1 unspecified atom stereocenters. The summed E-state index contributed by atoms with van der Waals surface area (Å²) in [5, 5.41) is 12.7. The summed E-state index contributed by atoms with van der Waals surface area (Å²) in [6.45, 7) is 7.57. The number of aliphatic hydroxyl groups is 1. The Hall–Kier alpha value is -2.12. The van der Waals surface area contributed by atoms with Crippen LogP contribution in [0.2, 0.25) is 0 Å². The SMILES string of the molecule is CCC(CO)Nc1cc(C)nc(Oc2c(C)cc(Br)cc2C)c1C(=O)OC. The maximum atomic E-state index is 12.5. The average molecular weight is 437 g/mol. The number of anilines is 1. The highest BCUT2D eigenvalue weighted by Gasteiger charge is 2.24. The molecule has 2 N–H and O–H groups in total.